The Balaban J connectivity index is 1.95. The smallest absolute Gasteiger partial charge is 0.225 e. The van der Waals surface area contributed by atoms with E-state index in [0.717, 1.165) is 5.56 Å². The van der Waals surface area contributed by atoms with Crippen LogP contribution < -0.4 is 25.3 Å². The minimum absolute atomic E-state index is 0.0213. The molecule has 3 rings (SSSR count). The number of anilines is 2. The van der Waals surface area contributed by atoms with Crippen molar-refractivity contribution in [2.75, 3.05) is 38.1 Å². The van der Waals surface area contributed by atoms with Crippen LogP contribution in [-0.4, -0.2) is 38.0 Å². The molecule has 3 N–H and O–H groups in total. The summed E-state index contributed by atoms with van der Waals surface area (Å²) in [5.74, 6) is 1.25. The van der Waals surface area contributed by atoms with Crippen LogP contribution >= 0.6 is 11.8 Å². The largest absolute Gasteiger partial charge is 0.493 e. The number of nitrogens with one attached hydrogen (secondary N) is 1. The van der Waals surface area contributed by atoms with Gasteiger partial charge in [0, 0.05) is 23.4 Å². The standard InChI is InChI=1S/C26H25N5O4S/c1-15-6-5-7-17(10-15)30-22(32)8-9-36-26-19(14-28)23(18(13-27)25(29)31-26)16-11-20(33-2)24(35-4)21(12-16)34-3/h5-7,10-12H,8-9H2,1-4H3,(H2,29,31)(H,30,32). The van der Waals surface area contributed by atoms with Crippen molar-refractivity contribution in [2.24, 2.45) is 0 Å². The molecule has 0 saturated carbocycles. The monoisotopic (exact) mass is 503 g/mol. The number of aromatic nitrogens is 1. The highest BCUT2D eigenvalue weighted by atomic mass is 32.2. The van der Waals surface area contributed by atoms with Gasteiger partial charge in [0.25, 0.3) is 0 Å². The number of nitrogens with zero attached hydrogens (tertiary/aromatic N) is 3. The Hall–Kier alpha value is -4.41. The van der Waals surface area contributed by atoms with Crippen LogP contribution in [-0.2, 0) is 4.79 Å². The van der Waals surface area contributed by atoms with E-state index >= 15 is 0 Å². The number of carbonyl (C=O) groups is 1. The van der Waals surface area contributed by atoms with Gasteiger partial charge in [-0.25, -0.2) is 4.98 Å². The highest BCUT2D eigenvalue weighted by Crippen LogP contribution is 2.44. The number of thioether (sulfide) groups is 1. The zero-order valence-corrected chi connectivity index (χ0v) is 21.2. The summed E-state index contributed by atoms with van der Waals surface area (Å²) >= 11 is 1.21. The number of pyridine rings is 1. The van der Waals surface area contributed by atoms with E-state index in [2.05, 4.69) is 16.4 Å². The van der Waals surface area contributed by atoms with Crippen LogP contribution in [0.25, 0.3) is 11.1 Å². The second-order valence-corrected chi connectivity index (χ2v) is 8.66. The van der Waals surface area contributed by atoms with Crippen LogP contribution in [0.4, 0.5) is 11.5 Å². The molecular formula is C26H25N5O4S. The van der Waals surface area contributed by atoms with E-state index in [1.807, 2.05) is 37.3 Å². The molecule has 10 heteroatoms. The van der Waals surface area contributed by atoms with E-state index in [4.69, 9.17) is 19.9 Å². The fourth-order valence-electron chi connectivity index (χ4n) is 3.60. The molecule has 0 saturated heterocycles. The molecule has 0 spiro atoms. The SMILES string of the molecule is COc1cc(-c2c(C#N)c(N)nc(SCCC(=O)Nc3cccc(C)c3)c2C#N)cc(OC)c1OC. The highest BCUT2D eigenvalue weighted by molar-refractivity contribution is 7.99. The van der Waals surface area contributed by atoms with Crippen LogP contribution in [0.1, 0.15) is 23.1 Å². The first kappa shape index (κ1) is 26.2. The second-order valence-electron chi connectivity index (χ2n) is 7.58. The number of aryl methyl sites for hydroxylation is 1. The van der Waals surface area contributed by atoms with Crippen molar-refractivity contribution < 1.29 is 19.0 Å². The van der Waals surface area contributed by atoms with E-state index in [0.29, 0.717) is 44.8 Å². The third kappa shape index (κ3) is 5.62. The maximum atomic E-state index is 12.4. The Morgan fingerprint density at radius 2 is 1.72 bits per heavy atom. The molecule has 0 aliphatic carbocycles. The van der Waals surface area contributed by atoms with Crippen LogP contribution in [0.15, 0.2) is 41.4 Å². The van der Waals surface area contributed by atoms with Crippen molar-refractivity contribution in [1.29, 1.82) is 10.5 Å². The predicted octanol–water partition coefficient (Wildman–Crippen LogP) is 4.53. The summed E-state index contributed by atoms with van der Waals surface area (Å²) in [6, 6.07) is 15.0. The van der Waals surface area contributed by atoms with Gasteiger partial charge in [0.1, 0.15) is 28.5 Å². The predicted molar refractivity (Wildman–Crippen MR) is 138 cm³/mol. The first-order valence-electron chi connectivity index (χ1n) is 10.8. The lowest BCUT2D eigenvalue weighted by Gasteiger charge is -2.17. The zero-order chi connectivity index (χ0) is 26.2. The highest BCUT2D eigenvalue weighted by Gasteiger charge is 2.23. The number of nitriles is 2. The number of nitrogens with two attached hydrogens (primary N) is 1. The third-order valence-corrected chi connectivity index (χ3v) is 6.22. The van der Waals surface area contributed by atoms with E-state index in [1.54, 1.807) is 12.1 Å². The van der Waals surface area contributed by atoms with Crippen molar-refractivity contribution in [3.63, 3.8) is 0 Å². The number of hydrogen-bond acceptors (Lipinski definition) is 9. The molecule has 0 bridgehead atoms. The maximum Gasteiger partial charge on any atom is 0.225 e. The number of ether oxygens (including phenoxy) is 3. The second kappa shape index (κ2) is 11.8. The quantitative estimate of drug-likeness (QED) is 0.402. The van der Waals surface area contributed by atoms with Crippen molar-refractivity contribution in [1.82, 2.24) is 4.98 Å². The first-order valence-corrected chi connectivity index (χ1v) is 11.8. The molecule has 1 amide bonds. The molecule has 0 fully saturated rings. The summed E-state index contributed by atoms with van der Waals surface area (Å²) in [6.07, 6.45) is 0.185. The topological polar surface area (TPSA) is 143 Å². The zero-order valence-electron chi connectivity index (χ0n) is 20.3. The number of methoxy groups -OCH3 is 3. The first-order chi connectivity index (χ1) is 17.4. The Morgan fingerprint density at radius 3 is 2.28 bits per heavy atom. The Morgan fingerprint density at radius 1 is 1.06 bits per heavy atom. The summed E-state index contributed by atoms with van der Waals surface area (Å²) < 4.78 is 16.2. The van der Waals surface area contributed by atoms with E-state index in [9.17, 15) is 15.3 Å². The van der Waals surface area contributed by atoms with E-state index in [1.165, 1.54) is 33.1 Å². The van der Waals surface area contributed by atoms with Crippen molar-refractivity contribution in [3.8, 4) is 40.5 Å². The number of nitrogen functional groups attached to an aromatic ring is 1. The molecule has 9 nitrogen and oxygen atoms in total. The number of amides is 1. The molecule has 2 aromatic carbocycles. The normalized spacial score (nSPS) is 10.2. The number of hydrogen-bond donors (Lipinski definition) is 2. The van der Waals surface area contributed by atoms with Gasteiger partial charge in [-0.1, -0.05) is 12.1 Å². The lowest BCUT2D eigenvalue weighted by atomic mass is 9.96. The fourth-order valence-corrected chi connectivity index (χ4v) is 4.54. The van der Waals surface area contributed by atoms with Gasteiger partial charge in [-0.05, 0) is 42.3 Å². The van der Waals surface area contributed by atoms with Gasteiger partial charge in [-0.3, -0.25) is 4.79 Å². The summed E-state index contributed by atoms with van der Waals surface area (Å²) in [6.45, 7) is 1.95. The van der Waals surface area contributed by atoms with Gasteiger partial charge in [-0.15, -0.1) is 11.8 Å². The molecular weight excluding hydrogens is 478 g/mol. The molecule has 3 aromatic rings. The third-order valence-electron chi connectivity index (χ3n) is 5.24. The van der Waals surface area contributed by atoms with Crippen molar-refractivity contribution in [2.45, 2.75) is 18.4 Å². The average molecular weight is 504 g/mol. The summed E-state index contributed by atoms with van der Waals surface area (Å²) in [5, 5.41) is 23.0. The minimum Gasteiger partial charge on any atom is -0.493 e. The number of rotatable bonds is 9. The molecule has 1 aromatic heterocycles. The molecule has 36 heavy (non-hydrogen) atoms. The molecule has 0 aliphatic heterocycles. The van der Waals surface area contributed by atoms with Crippen LogP contribution in [0.2, 0.25) is 0 Å². The van der Waals surface area contributed by atoms with Gasteiger partial charge in [0.05, 0.1) is 26.9 Å². The summed E-state index contributed by atoms with van der Waals surface area (Å²) in [5.41, 5.74) is 8.88. The lowest BCUT2D eigenvalue weighted by Crippen LogP contribution is -2.12. The van der Waals surface area contributed by atoms with Crippen molar-refractivity contribution >= 4 is 29.2 Å². The van der Waals surface area contributed by atoms with E-state index < -0.39 is 0 Å². The van der Waals surface area contributed by atoms with Crippen molar-refractivity contribution in [3.05, 3.63) is 53.1 Å². The van der Waals surface area contributed by atoms with Gasteiger partial charge >= 0.3 is 0 Å². The van der Waals surface area contributed by atoms with Gasteiger partial charge in [0.15, 0.2) is 11.5 Å². The van der Waals surface area contributed by atoms with Gasteiger partial charge < -0.3 is 25.3 Å². The Kier molecular flexibility index (Phi) is 8.61. The van der Waals surface area contributed by atoms with Crippen LogP contribution in [0, 0.1) is 29.6 Å². The molecule has 0 unspecified atom stereocenters. The molecule has 0 radical (unpaired) electrons. The van der Waals surface area contributed by atoms with Gasteiger partial charge in [-0.2, -0.15) is 10.5 Å². The average Bonchev–Trinajstić information content (AvgIpc) is 2.87. The summed E-state index contributed by atoms with van der Waals surface area (Å²) in [7, 11) is 4.43. The molecule has 1 heterocycles. The molecule has 184 valence electrons. The summed E-state index contributed by atoms with van der Waals surface area (Å²) in [4.78, 5) is 16.7. The fraction of sp³-hybridized carbons (Fsp3) is 0.231. The van der Waals surface area contributed by atoms with Gasteiger partial charge in [0.2, 0.25) is 11.7 Å². The number of benzene rings is 2. The lowest BCUT2D eigenvalue weighted by molar-refractivity contribution is -0.115. The Labute approximate surface area is 213 Å². The van der Waals surface area contributed by atoms with Crippen LogP contribution in [0.3, 0.4) is 0 Å². The van der Waals surface area contributed by atoms with Crippen LogP contribution in [0.5, 0.6) is 17.2 Å². The minimum atomic E-state index is -0.168. The molecule has 0 aliphatic rings. The maximum absolute atomic E-state index is 12.4. The number of carbonyl (C=O) groups excluding carboxylic acids is 1. The Bertz CT molecular complexity index is 1350. The van der Waals surface area contributed by atoms with E-state index in [-0.39, 0.29) is 29.3 Å². The molecule has 0 atom stereocenters.